The SMILES string of the molecule is COc1ccc(C=C2C(=N)N3N=C(CC(=O)N4CCOCC4)SC3=NC2=O)cc1OC. The lowest BCUT2D eigenvalue weighted by Crippen LogP contribution is -2.41. The minimum atomic E-state index is -0.533. The molecule has 3 heterocycles. The van der Waals surface area contributed by atoms with Crippen LogP contribution >= 0.6 is 11.8 Å². The average molecular weight is 443 g/mol. The van der Waals surface area contributed by atoms with Gasteiger partial charge in [-0.15, -0.1) is 0 Å². The topological polar surface area (TPSA) is 117 Å². The van der Waals surface area contributed by atoms with E-state index in [4.69, 9.17) is 19.6 Å². The first-order valence-corrected chi connectivity index (χ1v) is 10.4. The Morgan fingerprint density at radius 1 is 1.26 bits per heavy atom. The van der Waals surface area contributed by atoms with E-state index in [9.17, 15) is 9.59 Å². The number of carbonyl (C=O) groups excluding carboxylic acids is 2. The standard InChI is InChI=1S/C20H21N5O5S/c1-28-14-4-3-12(10-15(14)29-2)9-13-18(21)25-20(22-19(13)27)31-16(23-25)11-17(26)24-5-7-30-8-6-24/h3-4,9-10,21H,5-8,11H2,1-2H3. The number of aliphatic imine (C=N–C) groups is 1. The van der Waals surface area contributed by atoms with Gasteiger partial charge in [-0.2, -0.15) is 15.1 Å². The molecule has 11 heteroatoms. The van der Waals surface area contributed by atoms with Gasteiger partial charge in [-0.1, -0.05) is 6.07 Å². The van der Waals surface area contributed by atoms with Crippen molar-refractivity contribution in [1.29, 1.82) is 5.41 Å². The molecule has 0 unspecified atom stereocenters. The van der Waals surface area contributed by atoms with Crippen molar-refractivity contribution >= 4 is 45.7 Å². The minimum Gasteiger partial charge on any atom is -0.493 e. The van der Waals surface area contributed by atoms with Crippen LogP contribution < -0.4 is 9.47 Å². The second-order valence-electron chi connectivity index (χ2n) is 6.80. The van der Waals surface area contributed by atoms with Gasteiger partial charge < -0.3 is 19.1 Å². The number of hydrazone groups is 1. The number of morpholine rings is 1. The fourth-order valence-corrected chi connectivity index (χ4v) is 4.14. The third-order valence-corrected chi connectivity index (χ3v) is 5.79. The summed E-state index contributed by atoms with van der Waals surface area (Å²) in [6, 6.07) is 5.18. The molecular weight excluding hydrogens is 422 g/mol. The van der Waals surface area contributed by atoms with E-state index >= 15 is 0 Å². The summed E-state index contributed by atoms with van der Waals surface area (Å²) in [5, 5.41) is 14.9. The lowest BCUT2D eigenvalue weighted by Gasteiger charge is -2.26. The van der Waals surface area contributed by atoms with Crippen LogP contribution in [0.1, 0.15) is 12.0 Å². The Morgan fingerprint density at radius 2 is 2.00 bits per heavy atom. The van der Waals surface area contributed by atoms with Crippen molar-refractivity contribution < 1.29 is 23.8 Å². The molecule has 0 spiro atoms. The predicted molar refractivity (Wildman–Crippen MR) is 117 cm³/mol. The fourth-order valence-electron chi connectivity index (χ4n) is 3.27. The molecule has 1 N–H and O–H groups in total. The van der Waals surface area contributed by atoms with Crippen LogP contribution in [0, 0.1) is 5.41 Å². The van der Waals surface area contributed by atoms with E-state index in [0.717, 1.165) is 11.8 Å². The lowest BCUT2D eigenvalue weighted by molar-refractivity contribution is -0.133. The zero-order valence-electron chi connectivity index (χ0n) is 17.1. The van der Waals surface area contributed by atoms with Crippen molar-refractivity contribution in [3.63, 3.8) is 0 Å². The van der Waals surface area contributed by atoms with Gasteiger partial charge in [0.1, 0.15) is 5.04 Å². The van der Waals surface area contributed by atoms with Gasteiger partial charge in [-0.25, -0.2) is 0 Å². The van der Waals surface area contributed by atoms with Crippen molar-refractivity contribution in [1.82, 2.24) is 9.91 Å². The predicted octanol–water partition coefficient (Wildman–Crippen LogP) is 1.57. The van der Waals surface area contributed by atoms with Gasteiger partial charge in [0, 0.05) is 13.1 Å². The van der Waals surface area contributed by atoms with E-state index in [2.05, 4.69) is 10.1 Å². The fraction of sp³-hybridized carbons (Fsp3) is 0.350. The van der Waals surface area contributed by atoms with Crippen LogP contribution in [0.2, 0.25) is 0 Å². The highest BCUT2D eigenvalue weighted by atomic mass is 32.2. The van der Waals surface area contributed by atoms with E-state index in [1.54, 1.807) is 29.2 Å². The van der Waals surface area contributed by atoms with E-state index in [1.165, 1.54) is 19.2 Å². The number of hydrogen-bond donors (Lipinski definition) is 1. The average Bonchev–Trinajstić information content (AvgIpc) is 3.19. The molecule has 162 valence electrons. The number of hydrogen-bond acceptors (Lipinski definition) is 8. The summed E-state index contributed by atoms with van der Waals surface area (Å²) in [4.78, 5) is 30.8. The second-order valence-corrected chi connectivity index (χ2v) is 7.84. The highest BCUT2D eigenvalue weighted by molar-refractivity contribution is 8.27. The van der Waals surface area contributed by atoms with Gasteiger partial charge in [0.2, 0.25) is 11.1 Å². The maximum Gasteiger partial charge on any atom is 0.283 e. The molecule has 0 aromatic heterocycles. The number of amidine groups is 2. The van der Waals surface area contributed by atoms with Gasteiger partial charge >= 0.3 is 0 Å². The number of benzene rings is 1. The van der Waals surface area contributed by atoms with E-state index < -0.39 is 5.91 Å². The van der Waals surface area contributed by atoms with Crippen molar-refractivity contribution in [3.05, 3.63) is 29.3 Å². The van der Waals surface area contributed by atoms with Crippen LogP contribution in [0.3, 0.4) is 0 Å². The first-order valence-electron chi connectivity index (χ1n) is 9.57. The molecule has 1 aromatic rings. The van der Waals surface area contributed by atoms with Gasteiger partial charge in [0.15, 0.2) is 17.3 Å². The zero-order valence-corrected chi connectivity index (χ0v) is 17.9. The molecule has 1 fully saturated rings. The molecule has 0 aliphatic carbocycles. The molecule has 0 radical (unpaired) electrons. The molecule has 10 nitrogen and oxygen atoms in total. The number of fused-ring (bicyclic) bond motifs is 1. The van der Waals surface area contributed by atoms with Gasteiger partial charge in [-0.3, -0.25) is 15.0 Å². The van der Waals surface area contributed by atoms with Gasteiger partial charge in [0.05, 0.1) is 39.4 Å². The maximum atomic E-state index is 12.6. The monoisotopic (exact) mass is 443 g/mol. The molecule has 3 aliphatic rings. The number of rotatable bonds is 5. The van der Waals surface area contributed by atoms with E-state index in [0.29, 0.717) is 48.4 Å². The van der Waals surface area contributed by atoms with Crippen LogP contribution in [0.5, 0.6) is 11.5 Å². The Hall–Kier alpha value is -3.18. The normalized spacial score (nSPS) is 19.9. The van der Waals surface area contributed by atoms with Gasteiger partial charge in [0.25, 0.3) is 5.91 Å². The Bertz CT molecular complexity index is 1030. The Labute approximate surface area is 183 Å². The number of methoxy groups -OCH3 is 2. The molecule has 31 heavy (non-hydrogen) atoms. The molecule has 4 rings (SSSR count). The number of nitrogens with one attached hydrogen (secondary N) is 1. The molecular formula is C20H21N5O5S. The molecule has 0 atom stereocenters. The summed E-state index contributed by atoms with van der Waals surface area (Å²) < 4.78 is 15.8. The van der Waals surface area contributed by atoms with Crippen LogP contribution in [0.25, 0.3) is 6.08 Å². The zero-order chi connectivity index (χ0) is 22.0. The Kier molecular flexibility index (Phi) is 6.05. The summed E-state index contributed by atoms with van der Waals surface area (Å²) in [7, 11) is 3.06. The summed E-state index contributed by atoms with van der Waals surface area (Å²) in [5.41, 5.74) is 0.754. The third-order valence-electron chi connectivity index (χ3n) is 4.88. The second kappa shape index (κ2) is 8.90. The van der Waals surface area contributed by atoms with E-state index in [-0.39, 0.29) is 28.9 Å². The van der Waals surface area contributed by atoms with Crippen molar-refractivity contribution in [2.75, 3.05) is 40.5 Å². The lowest BCUT2D eigenvalue weighted by atomic mass is 10.1. The molecule has 1 saturated heterocycles. The minimum absolute atomic E-state index is 0.0612. The Balaban J connectivity index is 1.53. The van der Waals surface area contributed by atoms with Crippen molar-refractivity contribution in [3.8, 4) is 11.5 Å². The first-order chi connectivity index (χ1) is 15.0. The highest BCUT2D eigenvalue weighted by Gasteiger charge is 2.36. The van der Waals surface area contributed by atoms with Crippen LogP contribution in [0.4, 0.5) is 0 Å². The molecule has 0 bridgehead atoms. The Morgan fingerprint density at radius 3 is 2.71 bits per heavy atom. The van der Waals surface area contributed by atoms with Crippen molar-refractivity contribution in [2.45, 2.75) is 6.42 Å². The van der Waals surface area contributed by atoms with Crippen LogP contribution in [-0.4, -0.2) is 78.3 Å². The number of ether oxygens (including phenoxy) is 3. The molecule has 0 saturated carbocycles. The maximum absolute atomic E-state index is 12.6. The summed E-state index contributed by atoms with van der Waals surface area (Å²) in [6.07, 6.45) is 1.65. The number of carbonyl (C=O) groups is 2. The van der Waals surface area contributed by atoms with E-state index in [1.807, 2.05) is 0 Å². The first kappa shape index (κ1) is 21.1. The summed E-state index contributed by atoms with van der Waals surface area (Å²) in [6.45, 7) is 2.14. The smallest absolute Gasteiger partial charge is 0.283 e. The number of nitrogens with zero attached hydrogens (tertiary/aromatic N) is 4. The van der Waals surface area contributed by atoms with Crippen LogP contribution in [-0.2, 0) is 14.3 Å². The quantitative estimate of drug-likeness (QED) is 0.687. The summed E-state index contributed by atoms with van der Waals surface area (Å²) in [5.74, 6) is 0.383. The molecule has 1 aromatic carbocycles. The largest absolute Gasteiger partial charge is 0.493 e. The number of thioether (sulfide) groups is 1. The molecule has 3 aliphatic heterocycles. The van der Waals surface area contributed by atoms with Crippen molar-refractivity contribution in [2.24, 2.45) is 10.1 Å². The highest BCUT2D eigenvalue weighted by Crippen LogP contribution is 2.32. The van der Waals surface area contributed by atoms with Gasteiger partial charge in [-0.05, 0) is 35.5 Å². The number of amides is 2. The summed E-state index contributed by atoms with van der Waals surface area (Å²) >= 11 is 1.14. The third kappa shape index (κ3) is 4.32. The van der Waals surface area contributed by atoms with Crippen LogP contribution in [0.15, 0.2) is 33.9 Å². The molecule has 2 amide bonds.